The van der Waals surface area contributed by atoms with E-state index >= 15 is 0 Å². The van der Waals surface area contributed by atoms with Crippen LogP contribution in [0.4, 0.5) is 0 Å². The van der Waals surface area contributed by atoms with Crippen LogP contribution in [0, 0.1) is 0 Å². The second kappa shape index (κ2) is 36.6. The largest absolute Gasteiger partial charge is 0.387 e. The molecule has 0 aliphatic carbocycles. The van der Waals surface area contributed by atoms with Crippen LogP contribution in [0.3, 0.4) is 0 Å². The first kappa shape index (κ1) is 49.3. The summed E-state index contributed by atoms with van der Waals surface area (Å²) in [7, 11) is -4.45. The Morgan fingerprint density at radius 1 is 0.549 bits per heavy atom. The first-order chi connectivity index (χ1) is 24.7. The van der Waals surface area contributed by atoms with Crippen LogP contribution in [0.1, 0.15) is 194 Å². The molecule has 0 radical (unpaired) electrons. The van der Waals surface area contributed by atoms with E-state index in [0.717, 1.165) is 57.8 Å². The second-order valence-corrected chi connectivity index (χ2v) is 15.9. The van der Waals surface area contributed by atoms with Crippen molar-refractivity contribution >= 4 is 16.0 Å². The first-order valence-corrected chi connectivity index (χ1v) is 22.6. The van der Waals surface area contributed by atoms with E-state index in [1.165, 1.54) is 109 Å². The molecule has 0 aliphatic rings. The predicted octanol–water partition coefficient (Wildman–Crippen LogP) is 11.3. The van der Waals surface area contributed by atoms with Gasteiger partial charge in [0.05, 0.1) is 17.9 Å². The number of aliphatic hydroxyl groups excluding tert-OH is 2. The van der Waals surface area contributed by atoms with Crippen LogP contribution >= 0.6 is 0 Å². The SMILES string of the molecule is CCCCCCCC/C=C/CC/C=C/C(O)C(CS(=O)(=O)O)NC(=O)C(O)CCCCCCCC/C=C\C/C=C\CCCCCCCCCCC. The Hall–Kier alpha value is -1.74. The van der Waals surface area contributed by atoms with Gasteiger partial charge in [-0.05, 0) is 64.2 Å². The maximum Gasteiger partial charge on any atom is 0.267 e. The van der Waals surface area contributed by atoms with Gasteiger partial charge in [-0.2, -0.15) is 8.42 Å². The Labute approximate surface area is 314 Å². The summed E-state index contributed by atoms with van der Waals surface area (Å²) in [5, 5.41) is 23.3. The van der Waals surface area contributed by atoms with Gasteiger partial charge in [0.2, 0.25) is 5.91 Å². The molecule has 8 heteroatoms. The van der Waals surface area contributed by atoms with Crippen molar-refractivity contribution < 1.29 is 28.0 Å². The van der Waals surface area contributed by atoms with Gasteiger partial charge < -0.3 is 15.5 Å². The maximum absolute atomic E-state index is 12.6. The third kappa shape index (κ3) is 36.4. The number of rotatable bonds is 37. The fourth-order valence-corrected chi connectivity index (χ4v) is 6.82. The highest BCUT2D eigenvalue weighted by Gasteiger charge is 2.27. The van der Waals surface area contributed by atoms with Gasteiger partial charge in [0.15, 0.2) is 0 Å². The molecule has 3 unspecified atom stereocenters. The lowest BCUT2D eigenvalue weighted by Gasteiger charge is -2.22. The Kier molecular flexibility index (Phi) is 35.4. The molecule has 1 amide bonds. The van der Waals surface area contributed by atoms with Crippen LogP contribution in [0.25, 0.3) is 0 Å². The molecule has 7 nitrogen and oxygen atoms in total. The van der Waals surface area contributed by atoms with Crippen molar-refractivity contribution in [1.29, 1.82) is 0 Å². The van der Waals surface area contributed by atoms with E-state index in [0.29, 0.717) is 12.8 Å². The molecule has 298 valence electrons. The average Bonchev–Trinajstić information content (AvgIpc) is 3.09. The van der Waals surface area contributed by atoms with Gasteiger partial charge in [-0.1, -0.05) is 178 Å². The average molecular weight is 738 g/mol. The molecular formula is C43H79NO6S. The smallest absolute Gasteiger partial charge is 0.267 e. The fraction of sp³-hybridized carbons (Fsp3) is 0.791. The Morgan fingerprint density at radius 2 is 0.941 bits per heavy atom. The standard InChI is InChI=1S/C43H79NO6S/c1-3-5-7-9-11-13-15-17-18-19-20-21-22-23-24-25-26-28-30-32-34-36-38-42(46)43(47)44-40(39-51(48,49)50)41(45)37-35-33-31-29-27-16-14-12-10-8-6-4-2/h20-21,23-24,27,29,35,37,40-42,45-46H,3-19,22,25-26,28,30-34,36,38-39H2,1-2H3,(H,44,47)(H,48,49,50)/b21-20-,24-23-,29-27+,37-35+. The Morgan fingerprint density at radius 3 is 1.41 bits per heavy atom. The third-order valence-electron chi connectivity index (χ3n) is 9.34. The highest BCUT2D eigenvalue weighted by atomic mass is 32.2. The molecular weight excluding hydrogens is 659 g/mol. The lowest BCUT2D eigenvalue weighted by atomic mass is 10.0. The molecule has 0 heterocycles. The van der Waals surface area contributed by atoms with Crippen LogP contribution in [0.2, 0.25) is 0 Å². The van der Waals surface area contributed by atoms with Crippen molar-refractivity contribution in [2.24, 2.45) is 0 Å². The number of amides is 1. The molecule has 0 aliphatic heterocycles. The second-order valence-electron chi connectivity index (χ2n) is 14.4. The molecule has 0 saturated carbocycles. The summed E-state index contributed by atoms with van der Waals surface area (Å²) in [5.41, 5.74) is 0. The van der Waals surface area contributed by atoms with Crippen molar-refractivity contribution in [3.63, 3.8) is 0 Å². The van der Waals surface area contributed by atoms with Crippen LogP contribution in [0.15, 0.2) is 48.6 Å². The van der Waals surface area contributed by atoms with E-state index in [9.17, 15) is 28.0 Å². The van der Waals surface area contributed by atoms with E-state index in [1.54, 1.807) is 6.08 Å². The Bertz CT molecular complexity index is 1010. The van der Waals surface area contributed by atoms with Gasteiger partial charge in [0, 0.05) is 0 Å². The lowest BCUT2D eigenvalue weighted by molar-refractivity contribution is -0.130. The van der Waals surface area contributed by atoms with E-state index in [2.05, 4.69) is 55.6 Å². The van der Waals surface area contributed by atoms with Gasteiger partial charge in [-0.15, -0.1) is 0 Å². The Balaban J connectivity index is 4.03. The summed E-state index contributed by atoms with van der Waals surface area (Å²) < 4.78 is 32.4. The predicted molar refractivity (Wildman–Crippen MR) is 218 cm³/mol. The van der Waals surface area contributed by atoms with Gasteiger partial charge in [-0.3, -0.25) is 9.35 Å². The minimum Gasteiger partial charge on any atom is -0.387 e. The number of hydrogen-bond acceptors (Lipinski definition) is 5. The fourth-order valence-electron chi connectivity index (χ4n) is 6.09. The molecule has 0 bridgehead atoms. The summed E-state index contributed by atoms with van der Waals surface area (Å²) >= 11 is 0. The zero-order valence-corrected chi connectivity index (χ0v) is 33.6. The summed E-state index contributed by atoms with van der Waals surface area (Å²) in [6, 6.07) is -1.25. The molecule has 0 aromatic heterocycles. The topological polar surface area (TPSA) is 124 Å². The van der Waals surface area contributed by atoms with E-state index < -0.39 is 40.0 Å². The number of hydrogen-bond donors (Lipinski definition) is 4. The van der Waals surface area contributed by atoms with Crippen molar-refractivity contribution in [2.75, 3.05) is 5.75 Å². The molecule has 0 aromatic rings. The summed E-state index contributed by atoms with van der Waals surface area (Å²) in [6.45, 7) is 4.48. The van der Waals surface area contributed by atoms with Crippen molar-refractivity contribution in [2.45, 2.75) is 212 Å². The summed E-state index contributed by atoms with van der Waals surface area (Å²) in [4.78, 5) is 12.6. The van der Waals surface area contributed by atoms with Gasteiger partial charge >= 0.3 is 0 Å². The highest BCUT2D eigenvalue weighted by Crippen LogP contribution is 2.13. The van der Waals surface area contributed by atoms with Gasteiger partial charge in [-0.25, -0.2) is 0 Å². The van der Waals surface area contributed by atoms with E-state index in [4.69, 9.17) is 0 Å². The number of aliphatic hydroxyl groups is 2. The first-order valence-electron chi connectivity index (χ1n) is 20.9. The highest BCUT2D eigenvalue weighted by molar-refractivity contribution is 7.85. The van der Waals surface area contributed by atoms with Crippen LogP contribution in [0.5, 0.6) is 0 Å². The molecule has 0 rings (SSSR count). The number of allylic oxidation sites excluding steroid dienone is 7. The van der Waals surface area contributed by atoms with Crippen molar-refractivity contribution in [1.82, 2.24) is 5.32 Å². The van der Waals surface area contributed by atoms with E-state index in [-0.39, 0.29) is 6.42 Å². The molecule has 51 heavy (non-hydrogen) atoms. The minimum absolute atomic E-state index is 0.261. The lowest BCUT2D eigenvalue weighted by Crippen LogP contribution is -2.50. The normalized spacial score (nSPS) is 14.4. The van der Waals surface area contributed by atoms with Gasteiger partial charge in [0.1, 0.15) is 6.10 Å². The molecule has 3 atom stereocenters. The van der Waals surface area contributed by atoms with Crippen molar-refractivity contribution in [3.05, 3.63) is 48.6 Å². The summed E-state index contributed by atoms with van der Waals surface area (Å²) in [6.07, 6.45) is 46.0. The van der Waals surface area contributed by atoms with Crippen LogP contribution in [-0.4, -0.2) is 53.1 Å². The number of unbranched alkanes of at least 4 members (excludes halogenated alkanes) is 22. The number of nitrogens with one attached hydrogen (secondary N) is 1. The number of carbonyl (C=O) groups is 1. The minimum atomic E-state index is -4.45. The molecule has 0 saturated heterocycles. The van der Waals surface area contributed by atoms with E-state index in [1.807, 2.05) is 0 Å². The van der Waals surface area contributed by atoms with Gasteiger partial charge in [0.25, 0.3) is 10.1 Å². The molecule has 4 N–H and O–H groups in total. The van der Waals surface area contributed by atoms with Crippen molar-refractivity contribution in [3.8, 4) is 0 Å². The zero-order valence-electron chi connectivity index (χ0n) is 32.8. The zero-order chi connectivity index (χ0) is 37.7. The quantitative estimate of drug-likeness (QED) is 0.0286. The van der Waals surface area contributed by atoms with Crippen LogP contribution in [-0.2, 0) is 14.9 Å². The maximum atomic E-state index is 12.6. The number of carbonyl (C=O) groups excluding carboxylic acids is 1. The summed E-state index contributed by atoms with van der Waals surface area (Å²) in [5.74, 6) is -1.57. The molecule has 0 fully saturated rings. The third-order valence-corrected chi connectivity index (χ3v) is 10.1. The monoisotopic (exact) mass is 738 g/mol. The molecule has 0 spiro atoms. The van der Waals surface area contributed by atoms with Crippen LogP contribution < -0.4 is 5.32 Å². The molecule has 0 aromatic carbocycles.